The third-order valence-electron chi connectivity index (χ3n) is 2.85. The summed E-state index contributed by atoms with van der Waals surface area (Å²) in [6.07, 6.45) is 2.13. The number of imide groups is 1. The molecule has 1 unspecified atom stereocenters. The number of hydrogen-bond acceptors (Lipinski definition) is 4. The molecule has 0 aromatic heterocycles. The minimum absolute atomic E-state index is 0.0929. The lowest BCUT2D eigenvalue weighted by atomic mass is 10.1. The van der Waals surface area contributed by atoms with Crippen LogP contribution >= 0.6 is 69.6 Å². The minimum Gasteiger partial charge on any atom is -0.499 e. The molecule has 0 fully saturated rings. The van der Waals surface area contributed by atoms with E-state index >= 15 is 0 Å². The number of nitrogens with two attached hydrogens (primary N) is 1. The van der Waals surface area contributed by atoms with Gasteiger partial charge in [-0.3, -0.25) is 14.5 Å². The maximum Gasteiger partial charge on any atom is 0.257 e. The van der Waals surface area contributed by atoms with Gasteiger partial charge in [-0.2, -0.15) is 0 Å². The van der Waals surface area contributed by atoms with Crippen molar-refractivity contribution in [3.05, 3.63) is 11.8 Å². The zero-order valence-corrected chi connectivity index (χ0v) is 17.5. The normalized spacial score (nSPS) is 16.3. The van der Waals surface area contributed by atoms with Gasteiger partial charge in [0.25, 0.3) is 5.91 Å². The summed E-state index contributed by atoms with van der Waals surface area (Å²) in [7, 11) is 1.43. The fourth-order valence-electron chi connectivity index (χ4n) is 1.45. The average Bonchev–Trinajstić information content (AvgIpc) is 2.84. The number of methoxy groups -OCH3 is 1. The Morgan fingerprint density at radius 3 is 2.12 bits per heavy atom. The first-order chi connectivity index (χ1) is 10.8. The van der Waals surface area contributed by atoms with E-state index in [0.29, 0.717) is 12.2 Å². The molecule has 0 saturated carbocycles. The van der Waals surface area contributed by atoms with Crippen LogP contribution in [0.3, 0.4) is 0 Å². The molecule has 1 aliphatic heterocycles. The number of amides is 2. The molecule has 140 valence electrons. The van der Waals surface area contributed by atoms with Crippen LogP contribution in [0.15, 0.2) is 11.8 Å². The number of ether oxygens (including phenoxy) is 1. The molecule has 0 spiro atoms. The fraction of sp³-hybridized carbons (Fsp3) is 0.692. The summed E-state index contributed by atoms with van der Waals surface area (Å²) in [6, 6.07) is -0.880. The topological polar surface area (TPSA) is 72.6 Å². The number of nitrogens with zero attached hydrogens (tertiary/aromatic N) is 1. The van der Waals surface area contributed by atoms with Gasteiger partial charge >= 0.3 is 0 Å². The first-order valence-corrected chi connectivity index (χ1v) is 9.06. The molecule has 0 radical (unpaired) electrons. The summed E-state index contributed by atoms with van der Waals surface area (Å²) < 4.78 is 2.40. The summed E-state index contributed by atoms with van der Waals surface area (Å²) >= 11 is 32.5. The molecule has 0 aromatic rings. The van der Waals surface area contributed by atoms with Gasteiger partial charge in [-0.05, 0) is 19.3 Å². The van der Waals surface area contributed by atoms with Crippen LogP contribution in [0, 0.1) is 0 Å². The number of alkyl halides is 6. The van der Waals surface area contributed by atoms with Crippen molar-refractivity contribution >= 4 is 81.4 Å². The second kappa shape index (κ2) is 10.5. The lowest BCUT2D eigenvalue weighted by molar-refractivity contribution is -0.141. The molecule has 0 aromatic carbocycles. The van der Waals surface area contributed by atoms with Crippen LogP contribution in [-0.2, 0) is 14.3 Å². The van der Waals surface area contributed by atoms with Crippen molar-refractivity contribution in [1.29, 1.82) is 0 Å². The third kappa shape index (κ3) is 10.4. The number of carbonyl (C=O) groups is 2. The lowest BCUT2D eigenvalue weighted by Gasteiger charge is -2.20. The van der Waals surface area contributed by atoms with E-state index in [1.165, 1.54) is 13.2 Å². The van der Waals surface area contributed by atoms with E-state index in [9.17, 15) is 9.59 Å². The first kappa shape index (κ1) is 24.4. The van der Waals surface area contributed by atoms with Crippen LogP contribution in [0.25, 0.3) is 0 Å². The highest BCUT2D eigenvalue weighted by Crippen LogP contribution is 2.32. The molecule has 0 bridgehead atoms. The van der Waals surface area contributed by atoms with E-state index in [1.807, 2.05) is 6.92 Å². The van der Waals surface area contributed by atoms with Gasteiger partial charge in [-0.1, -0.05) is 76.5 Å². The molecule has 11 heteroatoms. The molecule has 5 nitrogen and oxygen atoms in total. The Labute approximate surface area is 171 Å². The zero-order chi connectivity index (χ0) is 19.1. The van der Waals surface area contributed by atoms with Crippen molar-refractivity contribution in [2.75, 3.05) is 13.7 Å². The molecule has 0 aliphatic carbocycles. The molecule has 1 atom stereocenters. The lowest BCUT2D eigenvalue weighted by Crippen LogP contribution is -2.45. The molecule has 1 heterocycles. The Balaban J connectivity index is 0.000000754. The molecule has 1 rings (SSSR count). The predicted octanol–water partition coefficient (Wildman–Crippen LogP) is 4.13. The summed E-state index contributed by atoms with van der Waals surface area (Å²) in [5, 5.41) is 0. The molecular weight excluding hydrogens is 445 g/mol. The van der Waals surface area contributed by atoms with Crippen molar-refractivity contribution < 1.29 is 14.3 Å². The van der Waals surface area contributed by atoms with E-state index in [1.54, 1.807) is 0 Å². The number of hydrogen-bond donors (Lipinski definition) is 1. The summed E-state index contributed by atoms with van der Waals surface area (Å²) in [5.74, 6) is -0.527. The van der Waals surface area contributed by atoms with Crippen molar-refractivity contribution in [3.8, 4) is 0 Å². The number of rotatable bonds is 4. The highest BCUT2D eigenvalue weighted by Gasteiger charge is 2.32. The predicted molar refractivity (Wildman–Crippen MR) is 99.9 cm³/mol. The summed E-state index contributed by atoms with van der Waals surface area (Å²) in [6.45, 7) is 1.91. The Morgan fingerprint density at radius 2 is 1.79 bits per heavy atom. The zero-order valence-electron chi connectivity index (χ0n) is 13.0. The van der Waals surface area contributed by atoms with E-state index in [0.717, 1.165) is 4.90 Å². The molecule has 0 saturated heterocycles. The summed E-state index contributed by atoms with van der Waals surface area (Å²) in [5.41, 5.74) is 5.67. The highest BCUT2D eigenvalue weighted by molar-refractivity contribution is 6.67. The van der Waals surface area contributed by atoms with Gasteiger partial charge in [0.1, 0.15) is 5.76 Å². The van der Waals surface area contributed by atoms with Crippen molar-refractivity contribution in [3.63, 3.8) is 0 Å². The van der Waals surface area contributed by atoms with Crippen LogP contribution in [0.5, 0.6) is 0 Å². The van der Waals surface area contributed by atoms with Gasteiger partial charge in [0.2, 0.25) is 5.91 Å². The van der Waals surface area contributed by atoms with Gasteiger partial charge < -0.3 is 10.5 Å². The Hall–Kier alpha value is 0.380. The van der Waals surface area contributed by atoms with Crippen LogP contribution in [0.4, 0.5) is 0 Å². The molecule has 2 amide bonds. The number of halogens is 6. The monoisotopic (exact) mass is 460 g/mol. The van der Waals surface area contributed by atoms with E-state index in [2.05, 4.69) is 0 Å². The average molecular weight is 463 g/mol. The quantitative estimate of drug-likeness (QED) is 0.637. The second-order valence-corrected chi connectivity index (χ2v) is 9.84. The van der Waals surface area contributed by atoms with Gasteiger partial charge in [-0.25, -0.2) is 0 Å². The largest absolute Gasteiger partial charge is 0.499 e. The Morgan fingerprint density at radius 1 is 1.29 bits per heavy atom. The molecular formula is C13H18Cl6N2O3. The minimum atomic E-state index is -1.46. The first-order valence-electron chi connectivity index (χ1n) is 6.79. The van der Waals surface area contributed by atoms with Crippen LogP contribution in [0.1, 0.15) is 26.2 Å². The molecule has 2 N–H and O–H groups in total. The van der Waals surface area contributed by atoms with Gasteiger partial charge in [0, 0.05) is 6.08 Å². The molecule has 24 heavy (non-hydrogen) atoms. The van der Waals surface area contributed by atoms with Crippen molar-refractivity contribution in [1.82, 2.24) is 4.90 Å². The standard InChI is InChI=1S/C10H13Cl3N2O3.C3H5Cl3/c1-18-6-4-8(16)15(5-6)9(17)7(14)2-3-10(11,12)13;1-2-3(4,5)6/h4,7H,2-3,5,14H2,1H3;2H2,1H3. The van der Waals surface area contributed by atoms with E-state index in [-0.39, 0.29) is 19.4 Å². The third-order valence-corrected chi connectivity index (χ3v) is 4.22. The fourth-order valence-corrected chi connectivity index (χ4v) is 1.78. The van der Waals surface area contributed by atoms with E-state index < -0.39 is 25.4 Å². The van der Waals surface area contributed by atoms with Crippen LogP contribution < -0.4 is 5.73 Å². The van der Waals surface area contributed by atoms with E-state index in [4.69, 9.17) is 80.1 Å². The van der Waals surface area contributed by atoms with Gasteiger partial charge in [-0.15, -0.1) is 0 Å². The van der Waals surface area contributed by atoms with Crippen LogP contribution in [0.2, 0.25) is 0 Å². The summed E-state index contributed by atoms with van der Waals surface area (Å²) in [4.78, 5) is 24.4. The maximum atomic E-state index is 11.9. The van der Waals surface area contributed by atoms with Gasteiger partial charge in [0.15, 0.2) is 7.59 Å². The van der Waals surface area contributed by atoms with Crippen molar-refractivity contribution in [2.45, 2.75) is 39.8 Å². The molecule has 1 aliphatic rings. The SMILES string of the molecule is CCC(Cl)(Cl)Cl.COC1=CC(=O)N(C(=O)C(N)CCC(Cl)(Cl)Cl)C1. The van der Waals surface area contributed by atoms with Crippen molar-refractivity contribution in [2.24, 2.45) is 5.73 Å². The second-order valence-electron chi connectivity index (χ2n) is 4.81. The Bertz CT molecular complexity index is 473. The van der Waals surface area contributed by atoms with Gasteiger partial charge in [0.05, 0.1) is 19.7 Å². The highest BCUT2D eigenvalue weighted by atomic mass is 35.6. The smallest absolute Gasteiger partial charge is 0.257 e. The Kier molecular flexibility index (Phi) is 10.7. The van der Waals surface area contributed by atoms with Crippen LogP contribution in [-0.4, -0.2) is 44.0 Å². The number of carbonyl (C=O) groups excluding carboxylic acids is 2. The maximum absolute atomic E-state index is 11.9.